The molecule has 7 atom stereocenters. The van der Waals surface area contributed by atoms with Gasteiger partial charge in [0.05, 0.1) is 11.5 Å². The van der Waals surface area contributed by atoms with Crippen molar-refractivity contribution in [3.8, 4) is 0 Å². The lowest BCUT2D eigenvalue weighted by Crippen LogP contribution is -2.60. The van der Waals surface area contributed by atoms with Crippen LogP contribution >= 0.6 is 0 Å². The highest BCUT2D eigenvalue weighted by Gasteiger charge is 2.67. The van der Waals surface area contributed by atoms with Crippen molar-refractivity contribution in [2.45, 2.75) is 71.3 Å². The minimum absolute atomic E-state index is 0.0119. The molecule has 4 aliphatic rings. The van der Waals surface area contributed by atoms with Crippen LogP contribution in [0.5, 0.6) is 0 Å². The summed E-state index contributed by atoms with van der Waals surface area (Å²) in [6, 6.07) is 0. The molecule has 0 aromatic rings. The van der Waals surface area contributed by atoms with Crippen LogP contribution in [0.15, 0.2) is 12.2 Å². The Morgan fingerprint density at radius 2 is 1.87 bits per heavy atom. The van der Waals surface area contributed by atoms with Gasteiger partial charge in [-0.2, -0.15) is 0 Å². The van der Waals surface area contributed by atoms with Gasteiger partial charge >= 0.3 is 5.97 Å². The molecule has 0 unspecified atom stereocenters. The Balaban J connectivity index is 1.78. The third-order valence-corrected chi connectivity index (χ3v) is 8.70. The number of fused-ring (bicyclic) bond motifs is 3. The molecule has 4 aliphatic carbocycles. The normalized spacial score (nSPS) is 55.2. The molecule has 3 heteroatoms. The van der Waals surface area contributed by atoms with E-state index in [-0.39, 0.29) is 22.9 Å². The van der Waals surface area contributed by atoms with Gasteiger partial charge in [0.2, 0.25) is 0 Å². The second-order valence-electron chi connectivity index (χ2n) is 9.41. The molecule has 0 radical (unpaired) electrons. The molecular formula is C20H30O3. The van der Waals surface area contributed by atoms with Gasteiger partial charge in [-0.1, -0.05) is 19.9 Å². The summed E-state index contributed by atoms with van der Waals surface area (Å²) in [5.41, 5.74) is 0.514. The average molecular weight is 318 g/mol. The Morgan fingerprint density at radius 1 is 1.13 bits per heavy atom. The predicted molar refractivity (Wildman–Crippen MR) is 88.8 cm³/mol. The zero-order valence-corrected chi connectivity index (χ0v) is 14.5. The van der Waals surface area contributed by atoms with Crippen LogP contribution in [0.4, 0.5) is 0 Å². The third kappa shape index (κ3) is 1.72. The SMILES string of the molecule is C=C1[C@@H]2CC[C@H]3[C@]4(C)CCC[C@@](C)(C(=O)O)[C@H]4CC[C@]3(C2)[C@@H]1O. The molecule has 0 heterocycles. The quantitative estimate of drug-likeness (QED) is 0.718. The minimum atomic E-state index is -0.616. The van der Waals surface area contributed by atoms with Gasteiger partial charge in [0, 0.05) is 5.41 Å². The van der Waals surface area contributed by atoms with Crippen molar-refractivity contribution in [2.75, 3.05) is 0 Å². The van der Waals surface area contributed by atoms with Crippen LogP contribution in [-0.2, 0) is 4.79 Å². The van der Waals surface area contributed by atoms with Crippen molar-refractivity contribution in [2.24, 2.45) is 34.0 Å². The van der Waals surface area contributed by atoms with Crippen LogP contribution in [-0.4, -0.2) is 22.3 Å². The maximum Gasteiger partial charge on any atom is 0.309 e. The molecule has 3 nitrogen and oxygen atoms in total. The maximum atomic E-state index is 12.0. The first-order chi connectivity index (χ1) is 10.8. The smallest absolute Gasteiger partial charge is 0.309 e. The van der Waals surface area contributed by atoms with Crippen LogP contribution in [0.1, 0.15) is 65.2 Å². The Morgan fingerprint density at radius 3 is 2.57 bits per heavy atom. The largest absolute Gasteiger partial charge is 0.481 e. The maximum absolute atomic E-state index is 12.0. The third-order valence-electron chi connectivity index (χ3n) is 8.70. The summed E-state index contributed by atoms with van der Waals surface area (Å²) in [7, 11) is 0. The summed E-state index contributed by atoms with van der Waals surface area (Å²) in [5.74, 6) is 0.581. The number of hydrogen-bond donors (Lipinski definition) is 2. The molecule has 0 saturated heterocycles. The number of aliphatic carboxylic acids is 1. The van der Waals surface area contributed by atoms with E-state index < -0.39 is 11.4 Å². The van der Waals surface area contributed by atoms with Crippen LogP contribution in [0.2, 0.25) is 0 Å². The Bertz CT molecular complexity index is 569. The molecule has 0 aromatic carbocycles. The summed E-state index contributed by atoms with van der Waals surface area (Å²) in [6.45, 7) is 8.53. The zero-order chi connectivity index (χ0) is 16.6. The van der Waals surface area contributed by atoms with E-state index in [2.05, 4.69) is 13.5 Å². The fraction of sp³-hybridized carbons (Fsp3) is 0.850. The van der Waals surface area contributed by atoms with E-state index in [1.165, 1.54) is 0 Å². The first kappa shape index (κ1) is 15.7. The van der Waals surface area contributed by atoms with Crippen LogP contribution in [0, 0.1) is 34.0 Å². The number of carboxylic acid groups (broad SMARTS) is 1. The predicted octanol–water partition coefficient (Wildman–Crippen LogP) is 4.01. The van der Waals surface area contributed by atoms with Crippen LogP contribution in [0.25, 0.3) is 0 Å². The molecule has 2 N–H and O–H groups in total. The lowest BCUT2D eigenvalue weighted by Gasteiger charge is -2.63. The van der Waals surface area contributed by atoms with E-state index >= 15 is 0 Å². The molecule has 0 aromatic heterocycles. The molecule has 4 saturated carbocycles. The van der Waals surface area contributed by atoms with Crippen molar-refractivity contribution in [1.82, 2.24) is 0 Å². The first-order valence-corrected chi connectivity index (χ1v) is 9.36. The summed E-state index contributed by atoms with van der Waals surface area (Å²) in [4.78, 5) is 12.0. The standard InChI is InChI=1S/C20H30O3/c1-12-13-5-6-15-18(2)8-4-9-19(3,17(22)23)14(18)7-10-20(15,11-13)16(12)21/h13-16,21H,1,4-11H2,2-3H3,(H,22,23)/t13-,14+,15+,16-,18-,19-,20-/m1/s1. The molecule has 4 fully saturated rings. The number of aliphatic hydroxyl groups is 1. The summed E-state index contributed by atoms with van der Waals surface area (Å²) >= 11 is 0. The highest BCUT2D eigenvalue weighted by Crippen LogP contribution is 2.72. The summed E-state index contributed by atoms with van der Waals surface area (Å²) in [5, 5.41) is 20.9. The van der Waals surface area contributed by atoms with Crippen LogP contribution in [0.3, 0.4) is 0 Å². The van der Waals surface area contributed by atoms with Crippen molar-refractivity contribution in [1.29, 1.82) is 0 Å². The number of rotatable bonds is 1. The molecule has 128 valence electrons. The van der Waals surface area contributed by atoms with Crippen molar-refractivity contribution >= 4 is 5.97 Å². The molecular weight excluding hydrogens is 288 g/mol. The highest BCUT2D eigenvalue weighted by atomic mass is 16.4. The molecule has 2 bridgehead atoms. The highest BCUT2D eigenvalue weighted by molar-refractivity contribution is 5.75. The van der Waals surface area contributed by atoms with Gasteiger partial charge in [-0.05, 0) is 80.6 Å². The van der Waals surface area contributed by atoms with Gasteiger partial charge in [-0.3, -0.25) is 4.79 Å². The number of carbonyl (C=O) groups is 1. The van der Waals surface area contributed by atoms with Gasteiger partial charge < -0.3 is 10.2 Å². The second kappa shape index (κ2) is 4.62. The van der Waals surface area contributed by atoms with E-state index in [1.54, 1.807) is 0 Å². The average Bonchev–Trinajstić information content (AvgIpc) is 2.68. The van der Waals surface area contributed by atoms with E-state index in [0.717, 1.165) is 56.9 Å². The van der Waals surface area contributed by atoms with E-state index in [1.807, 2.05) is 6.92 Å². The Kier molecular flexibility index (Phi) is 3.15. The van der Waals surface area contributed by atoms with Crippen molar-refractivity contribution in [3.63, 3.8) is 0 Å². The van der Waals surface area contributed by atoms with Gasteiger partial charge in [-0.25, -0.2) is 0 Å². The lowest BCUT2D eigenvalue weighted by molar-refractivity contribution is -0.190. The molecule has 1 spiro atoms. The topological polar surface area (TPSA) is 57.5 Å². The lowest BCUT2D eigenvalue weighted by atomic mass is 9.40. The Labute approximate surface area is 139 Å². The van der Waals surface area contributed by atoms with E-state index in [4.69, 9.17) is 0 Å². The Hall–Kier alpha value is -0.830. The van der Waals surface area contributed by atoms with Gasteiger partial charge in [0.25, 0.3) is 0 Å². The fourth-order valence-corrected chi connectivity index (χ4v) is 7.62. The first-order valence-electron chi connectivity index (χ1n) is 9.36. The minimum Gasteiger partial charge on any atom is -0.481 e. The van der Waals surface area contributed by atoms with Crippen molar-refractivity contribution < 1.29 is 15.0 Å². The number of aliphatic hydroxyl groups excluding tert-OH is 1. The van der Waals surface area contributed by atoms with Gasteiger partial charge in [0.1, 0.15) is 0 Å². The molecule has 4 rings (SSSR count). The second-order valence-corrected chi connectivity index (χ2v) is 9.41. The molecule has 0 amide bonds. The van der Waals surface area contributed by atoms with Gasteiger partial charge in [-0.15, -0.1) is 0 Å². The molecule has 23 heavy (non-hydrogen) atoms. The number of hydrogen-bond acceptors (Lipinski definition) is 2. The van der Waals surface area contributed by atoms with E-state index in [0.29, 0.717) is 11.8 Å². The zero-order valence-electron chi connectivity index (χ0n) is 14.5. The summed E-state index contributed by atoms with van der Waals surface area (Å²) < 4.78 is 0. The van der Waals surface area contributed by atoms with Crippen molar-refractivity contribution in [3.05, 3.63) is 12.2 Å². The monoisotopic (exact) mass is 318 g/mol. The summed E-state index contributed by atoms with van der Waals surface area (Å²) in [6.07, 6.45) is 7.86. The number of carboxylic acids is 1. The van der Waals surface area contributed by atoms with E-state index in [9.17, 15) is 15.0 Å². The molecule has 0 aliphatic heterocycles. The fourth-order valence-electron chi connectivity index (χ4n) is 7.62. The van der Waals surface area contributed by atoms with Gasteiger partial charge in [0.15, 0.2) is 0 Å². The van der Waals surface area contributed by atoms with Crippen LogP contribution < -0.4 is 0 Å².